The Kier molecular flexibility index (Phi) is 18.1. The molecule has 0 aromatic heterocycles. The predicted octanol–water partition coefficient (Wildman–Crippen LogP) is -0.249. The van der Waals surface area contributed by atoms with E-state index in [1.54, 1.807) is 27.7 Å². The number of carbonyl (C=O) groups is 2. The molecule has 11 N–H and O–H groups in total. The van der Waals surface area contributed by atoms with Gasteiger partial charge < -0.3 is 108 Å². The number of carbonyl (C=O) groups excluding carboxylic acids is 2. The minimum atomic E-state index is -1.95. The van der Waals surface area contributed by atoms with Crippen LogP contribution in [0.15, 0.2) is 12.1 Å². The zero-order chi connectivity index (χ0) is 55.6. The van der Waals surface area contributed by atoms with E-state index in [2.05, 4.69) is 0 Å². The summed E-state index contributed by atoms with van der Waals surface area (Å²) in [6.07, 6.45) is -27.0. The highest BCUT2D eigenvalue weighted by atomic mass is 16.7. The fourth-order valence-electron chi connectivity index (χ4n) is 11.3. The molecule has 2 aromatic rings. The number of phenols is 2. The van der Waals surface area contributed by atoms with Crippen molar-refractivity contribution in [2.45, 2.75) is 241 Å². The number of fused-ring (bicyclic) bond motifs is 2. The third-order valence-corrected chi connectivity index (χ3v) is 15.9. The summed E-state index contributed by atoms with van der Waals surface area (Å²) in [5, 5.41) is 120. The number of phenolic OH excluding ortho intramolecular Hbond substituents is 2. The maximum Gasteiger partial charge on any atom is 0.202 e. The lowest BCUT2D eigenvalue weighted by atomic mass is 9.75. The molecule has 24 nitrogen and oxygen atoms in total. The Labute approximate surface area is 439 Å². The van der Waals surface area contributed by atoms with Gasteiger partial charge in [0.1, 0.15) is 66.1 Å². The number of Topliss-reactive ketones (excluding diaryl/α,β-unsaturated/α-hetero) is 2. The first-order chi connectivity index (χ1) is 35.7. The number of aromatic hydroxyl groups is 2. The Morgan fingerprint density at radius 2 is 1.17 bits per heavy atom. The lowest BCUT2D eigenvalue weighted by Crippen LogP contribution is -2.58. The number of hydrogen-bond donors (Lipinski definition) is 11. The van der Waals surface area contributed by atoms with Crippen LogP contribution in [0, 0.1) is 12.8 Å². The van der Waals surface area contributed by atoms with Gasteiger partial charge in [0.2, 0.25) is 6.29 Å². The molecule has 0 spiro atoms. The van der Waals surface area contributed by atoms with E-state index in [1.165, 1.54) is 46.9 Å². The van der Waals surface area contributed by atoms with Gasteiger partial charge in [0, 0.05) is 50.7 Å². The Morgan fingerprint density at radius 3 is 1.70 bits per heavy atom. The third-order valence-electron chi connectivity index (χ3n) is 15.9. The van der Waals surface area contributed by atoms with Gasteiger partial charge in [-0.1, -0.05) is 0 Å². The summed E-state index contributed by atoms with van der Waals surface area (Å²) in [4.78, 5) is 28.9. The van der Waals surface area contributed by atoms with Crippen molar-refractivity contribution < 1.29 is 118 Å². The van der Waals surface area contributed by atoms with Gasteiger partial charge in [-0.25, -0.2) is 0 Å². The van der Waals surface area contributed by atoms with Gasteiger partial charge in [-0.05, 0) is 84.9 Å². The number of aliphatic hydroxyl groups is 9. The van der Waals surface area contributed by atoms with Crippen molar-refractivity contribution >= 4 is 22.3 Å². The topological polar surface area (TPSA) is 358 Å². The van der Waals surface area contributed by atoms with Crippen LogP contribution in [-0.4, -0.2) is 222 Å². The van der Waals surface area contributed by atoms with Gasteiger partial charge in [-0.2, -0.15) is 0 Å². The van der Waals surface area contributed by atoms with E-state index in [9.17, 15) is 61.0 Å². The quantitative estimate of drug-likeness (QED) is 0.110. The molecule has 76 heavy (non-hydrogen) atoms. The van der Waals surface area contributed by atoms with E-state index in [0.717, 1.165) is 0 Å². The van der Waals surface area contributed by atoms with Gasteiger partial charge in [0.25, 0.3) is 0 Å². The van der Waals surface area contributed by atoms with E-state index in [4.69, 9.17) is 52.1 Å². The third kappa shape index (κ3) is 11.9. The van der Waals surface area contributed by atoms with Crippen molar-refractivity contribution in [3.63, 3.8) is 0 Å². The summed E-state index contributed by atoms with van der Waals surface area (Å²) in [7, 11) is 1.18. The van der Waals surface area contributed by atoms with Crippen LogP contribution in [0.3, 0.4) is 0 Å². The van der Waals surface area contributed by atoms with Crippen LogP contribution >= 0.6 is 0 Å². The molecular weight excluding hydrogens is 1010 g/mol. The number of benzene rings is 2. The summed E-state index contributed by atoms with van der Waals surface area (Å²) in [5.41, 5.74) is -1.47. The number of methoxy groups -OCH3 is 1. The second-order valence-electron chi connectivity index (χ2n) is 21.7. The zero-order valence-electron chi connectivity index (χ0n) is 44.0. The summed E-state index contributed by atoms with van der Waals surface area (Å²) in [5.74, 6) is -4.07. The van der Waals surface area contributed by atoms with Crippen molar-refractivity contribution in [3.8, 4) is 17.2 Å². The first-order valence-electron chi connectivity index (χ1n) is 26.0. The molecule has 0 radical (unpaired) electrons. The van der Waals surface area contributed by atoms with Gasteiger partial charge in [-0.15, -0.1) is 0 Å². The molecule has 1 aliphatic carbocycles. The molecule has 5 heterocycles. The second kappa shape index (κ2) is 23.4. The molecule has 5 aliphatic heterocycles. The fourth-order valence-corrected chi connectivity index (χ4v) is 11.3. The summed E-state index contributed by atoms with van der Waals surface area (Å²) >= 11 is 0. The van der Waals surface area contributed by atoms with Crippen molar-refractivity contribution in [1.82, 2.24) is 0 Å². The lowest BCUT2D eigenvalue weighted by Gasteiger charge is -2.46. The van der Waals surface area contributed by atoms with Crippen LogP contribution in [0.1, 0.15) is 102 Å². The average molecular weight is 1090 g/mol. The Balaban J connectivity index is 1.04. The normalized spacial score (nSPS) is 42.5. The maximum atomic E-state index is 15.0. The van der Waals surface area contributed by atoms with Crippen LogP contribution in [0.2, 0.25) is 0 Å². The monoisotopic (exact) mass is 1080 g/mol. The van der Waals surface area contributed by atoms with Crippen molar-refractivity contribution in [1.29, 1.82) is 0 Å². The van der Waals surface area contributed by atoms with Crippen LogP contribution in [0.4, 0.5) is 0 Å². The summed E-state index contributed by atoms with van der Waals surface area (Å²) in [6, 6.07) is 3.03. The van der Waals surface area contributed by atoms with Gasteiger partial charge >= 0.3 is 0 Å². The molecule has 24 heteroatoms. The molecule has 428 valence electrons. The molecule has 0 bridgehead atoms. The standard InChI is InChI=1S/C52H76O24/c1-18-29(72-34-14-30(43(58)21(4)68-34)73-33-13-28(54)42(57)20(3)67-33)12-26-10-25-11-27(49(66-9)48(63)41(56)19(2)53)50(47(62)39(25)46(61)38(26)40(18)55)76-36-16-31(44(59)23(6)70-36)74-35-15-32(45(60)22(5)69-35)75-37-17-52(8,65)51(64)24(7)71-37/h10,12,19-24,27-28,30-37,41-45,49-51,53-61,64-65H,11,13-17H2,1-9H3/t19-,20-,21-,22+,23+,24+,27+,28-,30-,31+,32+,33+,34+,35-,36-,37-,41+,42-,43+,44+,45+,49+,50+,51+,52-/m1/s1. The van der Waals surface area contributed by atoms with Crippen molar-refractivity contribution in [3.05, 3.63) is 28.8 Å². The number of rotatable bonds is 15. The number of ether oxygens (including phenoxy) is 11. The minimum Gasteiger partial charge on any atom is -0.507 e. The molecule has 5 fully saturated rings. The van der Waals surface area contributed by atoms with E-state index >= 15 is 4.79 Å². The SMILES string of the molecule is CO[C@H](C(=O)[C@@H](O)[C@@H](C)O)[C@@H]1Cc2cc3cc(O[C@H]4C[C@@H](O[C@H]5C[C@@H](O)[C@H](O)[C@@H](C)O5)[C@@H](O)[C@@H](C)O4)c(C)c(O)c3c(O)c2C(=O)[C@H]1O[C@@H]1C[C@H](O[C@@H]2C[C@H](O[C@@H]3C[C@@](C)(O)[C@@H](O)[C@H](C)O3)[C@@H](O)[C@H](C)O2)[C@@H](O)[C@H](C)O1. The highest BCUT2D eigenvalue weighted by Crippen LogP contribution is 2.47. The maximum absolute atomic E-state index is 15.0. The number of ketones is 2. The molecular formula is C52H76O24. The second-order valence-corrected chi connectivity index (χ2v) is 21.7. The Morgan fingerprint density at radius 1 is 0.684 bits per heavy atom. The molecule has 0 amide bonds. The van der Waals surface area contributed by atoms with Crippen LogP contribution in [-0.2, 0) is 58.6 Å². The Hall–Kier alpha value is -3.32. The van der Waals surface area contributed by atoms with Crippen molar-refractivity contribution in [2.75, 3.05) is 7.11 Å². The predicted molar refractivity (Wildman–Crippen MR) is 259 cm³/mol. The lowest BCUT2D eigenvalue weighted by molar-refractivity contribution is -0.334. The first-order valence-corrected chi connectivity index (χ1v) is 26.0. The van der Waals surface area contributed by atoms with Crippen molar-refractivity contribution in [2.24, 2.45) is 5.92 Å². The van der Waals surface area contributed by atoms with E-state index in [0.29, 0.717) is 0 Å². The van der Waals surface area contributed by atoms with Crippen LogP contribution in [0.25, 0.3) is 10.8 Å². The van der Waals surface area contributed by atoms with Crippen LogP contribution in [0.5, 0.6) is 17.2 Å². The average Bonchev–Trinajstić information content (AvgIpc) is 3.38. The molecule has 0 saturated carbocycles. The first kappa shape index (κ1) is 58.8. The van der Waals surface area contributed by atoms with Gasteiger partial charge in [-0.3, -0.25) is 9.59 Å². The molecule has 8 rings (SSSR count). The fraction of sp³-hybridized carbons (Fsp3) is 0.769. The molecule has 2 aromatic carbocycles. The van der Waals surface area contributed by atoms with Gasteiger partial charge in [0.15, 0.2) is 36.7 Å². The minimum absolute atomic E-state index is 0.0365. The molecule has 25 atom stereocenters. The highest BCUT2D eigenvalue weighted by molar-refractivity contribution is 6.11. The number of hydrogen-bond acceptors (Lipinski definition) is 24. The molecule has 0 unspecified atom stereocenters. The smallest absolute Gasteiger partial charge is 0.202 e. The van der Waals surface area contributed by atoms with E-state index in [-0.39, 0.29) is 71.7 Å². The summed E-state index contributed by atoms with van der Waals surface area (Å²) in [6.45, 7) is 12.1. The highest BCUT2D eigenvalue weighted by Gasteiger charge is 2.51. The largest absolute Gasteiger partial charge is 0.507 e. The molecule has 6 aliphatic rings. The van der Waals surface area contributed by atoms with Crippen LogP contribution < -0.4 is 4.74 Å². The van der Waals surface area contributed by atoms with Gasteiger partial charge in [0.05, 0.1) is 77.6 Å². The molecule has 5 saturated heterocycles. The van der Waals surface area contributed by atoms with E-state index < -0.39 is 176 Å². The summed E-state index contributed by atoms with van der Waals surface area (Å²) < 4.78 is 66.5. The zero-order valence-corrected chi connectivity index (χ0v) is 44.0. The van der Waals surface area contributed by atoms with E-state index in [1.807, 2.05) is 0 Å². The Bertz CT molecular complexity index is 2350. The number of aliphatic hydroxyl groups excluding tert-OH is 8.